The molecule has 28 heavy (non-hydrogen) atoms. The lowest BCUT2D eigenvalue weighted by Gasteiger charge is -2.17. The van der Waals surface area contributed by atoms with Crippen LogP contribution in [0.15, 0.2) is 40.8 Å². The van der Waals surface area contributed by atoms with E-state index in [4.69, 9.17) is 23.1 Å². The van der Waals surface area contributed by atoms with Crippen LogP contribution >= 0.6 is 0 Å². The van der Waals surface area contributed by atoms with Crippen LogP contribution in [0.3, 0.4) is 0 Å². The summed E-state index contributed by atoms with van der Waals surface area (Å²) in [4.78, 5) is 0. The van der Waals surface area contributed by atoms with E-state index in [9.17, 15) is 0 Å². The van der Waals surface area contributed by atoms with Gasteiger partial charge in [-0.05, 0) is 60.6 Å². The predicted octanol–water partition coefficient (Wildman–Crippen LogP) is 1.93. The fraction of sp³-hybridized carbons (Fsp3) is 0.318. The van der Waals surface area contributed by atoms with Crippen molar-refractivity contribution in [3.05, 3.63) is 64.4 Å². The van der Waals surface area contributed by atoms with Gasteiger partial charge in [-0.3, -0.25) is 0 Å². The van der Waals surface area contributed by atoms with Crippen molar-refractivity contribution < 1.29 is 33.3 Å². The van der Waals surface area contributed by atoms with Crippen molar-refractivity contribution in [3.63, 3.8) is 0 Å². The van der Waals surface area contributed by atoms with E-state index in [0.29, 0.717) is 5.92 Å². The minimum absolute atomic E-state index is 0.522. The molecule has 0 saturated heterocycles. The SMILES string of the molecule is Cc1cc(C)[o+]c(-c2cc(C)c3cc(C(C)C)ccc(C)c2-3)c1.[O-][Cl+3]([O-])([O-])[O-]. The molecule has 2 aliphatic carbocycles. The molecule has 0 bridgehead atoms. The van der Waals surface area contributed by atoms with Crippen LogP contribution in [0.25, 0.3) is 22.5 Å². The summed E-state index contributed by atoms with van der Waals surface area (Å²) in [5.41, 5.74) is 9.06. The van der Waals surface area contributed by atoms with Crippen LogP contribution in [0, 0.1) is 37.9 Å². The monoisotopic (exact) mass is 404 g/mol. The van der Waals surface area contributed by atoms with Crippen molar-refractivity contribution in [2.45, 2.75) is 47.5 Å². The first-order chi connectivity index (χ1) is 12.9. The van der Waals surface area contributed by atoms with Crippen molar-refractivity contribution in [1.82, 2.24) is 0 Å². The normalized spacial score (nSPS) is 11.5. The van der Waals surface area contributed by atoms with Crippen molar-refractivity contribution in [2.24, 2.45) is 0 Å². The quantitative estimate of drug-likeness (QED) is 0.607. The number of aryl methyl sites for hydroxylation is 4. The molecule has 0 aliphatic heterocycles. The molecule has 0 N–H and O–H groups in total. The van der Waals surface area contributed by atoms with Gasteiger partial charge in [-0.15, -0.1) is 10.2 Å². The Bertz CT molecular complexity index is 918. The van der Waals surface area contributed by atoms with Crippen molar-refractivity contribution in [1.29, 1.82) is 0 Å². The minimum Gasteiger partial charge on any atom is -0.222 e. The molecular formula is C22H25ClO5. The Balaban J connectivity index is 0.000000500. The molecule has 0 saturated carbocycles. The van der Waals surface area contributed by atoms with Crippen LogP contribution in [0.4, 0.5) is 0 Å². The second-order valence-corrected chi connectivity index (χ2v) is 8.09. The number of hydrogen-bond donors (Lipinski definition) is 0. The average molecular weight is 405 g/mol. The standard InChI is InChI=1S/C22H25O.ClHO4/c1-13(2)18-8-7-15(4)22-19(12-18)16(5)11-20(22)21-10-14(3)9-17(6)23-21;2-1(3,4)5/h7-13H,1-6H3;(H,2,3,4,5)/q+1;/p-1. The Kier molecular flexibility index (Phi) is 6.80. The van der Waals surface area contributed by atoms with Gasteiger partial charge < -0.3 is 0 Å². The topological polar surface area (TPSA) is 104 Å². The maximum Gasteiger partial charge on any atom is 0.361 e. The van der Waals surface area contributed by atoms with Gasteiger partial charge in [0.1, 0.15) is 0 Å². The molecule has 6 heteroatoms. The zero-order chi connectivity index (χ0) is 21.2. The Morgan fingerprint density at radius 1 is 0.786 bits per heavy atom. The molecule has 150 valence electrons. The zero-order valence-corrected chi connectivity index (χ0v) is 17.7. The maximum atomic E-state index is 8.49. The van der Waals surface area contributed by atoms with E-state index in [2.05, 4.69) is 71.0 Å². The van der Waals surface area contributed by atoms with Gasteiger partial charge in [-0.1, -0.05) is 32.0 Å². The number of hydrogen-bond acceptors (Lipinski definition) is 4. The van der Waals surface area contributed by atoms with Crippen molar-refractivity contribution >= 4 is 0 Å². The maximum absolute atomic E-state index is 8.49. The smallest absolute Gasteiger partial charge is 0.222 e. The summed E-state index contributed by atoms with van der Waals surface area (Å²) < 4.78 is 40.0. The van der Waals surface area contributed by atoms with Gasteiger partial charge >= 0.3 is 11.5 Å². The third-order valence-electron chi connectivity index (χ3n) is 4.55. The first-order valence-corrected chi connectivity index (χ1v) is 10.2. The van der Waals surface area contributed by atoms with E-state index >= 15 is 0 Å². The van der Waals surface area contributed by atoms with Gasteiger partial charge in [-0.2, -0.15) is 0 Å². The molecule has 2 aliphatic rings. The summed E-state index contributed by atoms with van der Waals surface area (Å²) in [6.45, 7) is 13.0. The molecule has 1 heterocycles. The van der Waals surface area contributed by atoms with Gasteiger partial charge in [0.25, 0.3) is 0 Å². The molecule has 0 amide bonds. The molecule has 3 rings (SSSR count). The lowest BCUT2D eigenvalue weighted by molar-refractivity contribution is -2.00. The third-order valence-corrected chi connectivity index (χ3v) is 4.55. The molecule has 0 aromatic carbocycles. The van der Waals surface area contributed by atoms with Crippen LogP contribution in [-0.4, -0.2) is 0 Å². The summed E-state index contributed by atoms with van der Waals surface area (Å²) in [5.74, 6) is 2.43. The molecule has 0 unspecified atom stereocenters. The summed E-state index contributed by atoms with van der Waals surface area (Å²) in [6.07, 6.45) is 0. The second kappa shape index (κ2) is 8.55. The summed E-state index contributed by atoms with van der Waals surface area (Å²) >= 11 is 0. The minimum atomic E-state index is -4.94. The Labute approximate surface area is 168 Å². The van der Waals surface area contributed by atoms with Crippen LogP contribution in [0.1, 0.15) is 47.8 Å². The molecule has 5 nitrogen and oxygen atoms in total. The van der Waals surface area contributed by atoms with Crippen molar-refractivity contribution in [2.75, 3.05) is 0 Å². The van der Waals surface area contributed by atoms with Gasteiger partial charge in [0.05, 0.1) is 12.5 Å². The molecule has 0 fully saturated rings. The molecule has 0 spiro atoms. The highest BCUT2D eigenvalue weighted by atomic mass is 35.7. The summed E-state index contributed by atoms with van der Waals surface area (Å²) in [7, 11) is -4.94. The fourth-order valence-corrected chi connectivity index (χ4v) is 3.33. The zero-order valence-electron chi connectivity index (χ0n) is 17.0. The third kappa shape index (κ3) is 5.74. The molecular weight excluding hydrogens is 380 g/mol. The first kappa shape index (κ1) is 22.3. The average Bonchev–Trinajstić information content (AvgIpc) is 2.73. The summed E-state index contributed by atoms with van der Waals surface area (Å²) in [6, 6.07) is 13.3. The molecule has 1 aromatic heterocycles. The number of halogens is 1. The highest BCUT2D eigenvalue weighted by Gasteiger charge is 2.24. The molecule has 1 aromatic rings. The lowest BCUT2D eigenvalue weighted by atomic mass is 9.99. The fourth-order valence-electron chi connectivity index (χ4n) is 3.33. The van der Waals surface area contributed by atoms with Gasteiger partial charge in [0.2, 0.25) is 0 Å². The largest absolute Gasteiger partial charge is 0.361 e. The Morgan fingerprint density at radius 2 is 1.39 bits per heavy atom. The van der Waals surface area contributed by atoms with Crippen LogP contribution in [0.5, 0.6) is 0 Å². The van der Waals surface area contributed by atoms with Crippen molar-refractivity contribution in [3.8, 4) is 22.5 Å². The van der Waals surface area contributed by atoms with Crippen LogP contribution in [-0.2, 0) is 0 Å². The van der Waals surface area contributed by atoms with Gasteiger partial charge in [0, 0.05) is 17.7 Å². The van der Waals surface area contributed by atoms with Crippen LogP contribution in [0.2, 0.25) is 0 Å². The second-order valence-electron chi connectivity index (χ2n) is 7.33. The van der Waals surface area contributed by atoms with E-state index in [1.165, 1.54) is 38.9 Å². The number of fused-ring (bicyclic) bond motifs is 1. The lowest BCUT2D eigenvalue weighted by Crippen LogP contribution is -2.68. The van der Waals surface area contributed by atoms with Gasteiger partial charge in [-0.25, -0.2) is 23.1 Å². The summed E-state index contributed by atoms with van der Waals surface area (Å²) in [5, 5.41) is 0. The predicted molar refractivity (Wildman–Crippen MR) is 98.2 cm³/mol. The highest BCUT2D eigenvalue weighted by molar-refractivity contribution is 5.89. The van der Waals surface area contributed by atoms with E-state index in [1.807, 2.05) is 6.92 Å². The van der Waals surface area contributed by atoms with Gasteiger partial charge in [0.15, 0.2) is 0 Å². The van der Waals surface area contributed by atoms with Crippen LogP contribution < -0.4 is 18.6 Å². The van der Waals surface area contributed by atoms with E-state index < -0.39 is 10.2 Å². The Morgan fingerprint density at radius 3 is 1.93 bits per heavy atom. The van der Waals surface area contributed by atoms with E-state index in [-0.39, 0.29) is 0 Å². The first-order valence-electron chi connectivity index (χ1n) is 8.94. The van der Waals surface area contributed by atoms with E-state index in [0.717, 1.165) is 11.5 Å². The number of rotatable bonds is 2. The molecule has 0 radical (unpaired) electrons. The Hall–Kier alpha value is -2.02. The van der Waals surface area contributed by atoms with E-state index in [1.54, 1.807) is 0 Å². The highest BCUT2D eigenvalue weighted by Crippen LogP contribution is 2.41. The molecule has 0 atom stereocenters.